The number of rotatable bonds is 1. The second kappa shape index (κ2) is 3.50. The van der Waals surface area contributed by atoms with Crippen LogP contribution in [-0.4, -0.2) is 13.1 Å². The van der Waals surface area contributed by atoms with Crippen molar-refractivity contribution < 1.29 is 9.53 Å². The Morgan fingerprint density at radius 2 is 2.54 bits per heavy atom. The molecule has 1 atom stereocenters. The monoisotopic (exact) mass is 196 g/mol. The fourth-order valence-corrected chi connectivity index (χ4v) is 2.93. The maximum Gasteiger partial charge on any atom is 0.313 e. The molecular formula is C10H12O2S. The minimum atomic E-state index is -0.0802. The third-order valence-corrected chi connectivity index (χ3v) is 3.59. The molecule has 70 valence electrons. The summed E-state index contributed by atoms with van der Waals surface area (Å²) >= 11 is 1.68. The number of carbonyl (C=O) groups excluding carboxylic acids is 1. The third kappa shape index (κ3) is 1.48. The molecule has 1 aromatic rings. The Labute approximate surface area is 81.5 Å². The number of esters is 1. The Kier molecular flexibility index (Phi) is 2.36. The number of hydrogen-bond donors (Lipinski definition) is 0. The van der Waals surface area contributed by atoms with Gasteiger partial charge in [0.05, 0.1) is 13.0 Å². The lowest BCUT2D eigenvalue weighted by molar-refractivity contribution is -0.142. The van der Waals surface area contributed by atoms with Gasteiger partial charge in [-0.3, -0.25) is 4.79 Å². The molecule has 1 unspecified atom stereocenters. The molecule has 1 aromatic heterocycles. The van der Waals surface area contributed by atoms with Crippen molar-refractivity contribution in [3.05, 3.63) is 21.9 Å². The van der Waals surface area contributed by atoms with E-state index in [1.54, 1.807) is 11.3 Å². The van der Waals surface area contributed by atoms with Gasteiger partial charge in [-0.05, 0) is 36.3 Å². The second-order valence-electron chi connectivity index (χ2n) is 3.28. The number of ether oxygens (including phenoxy) is 1. The minimum absolute atomic E-state index is 0.00810. The number of methoxy groups -OCH3 is 1. The van der Waals surface area contributed by atoms with Gasteiger partial charge in [-0.15, -0.1) is 11.3 Å². The van der Waals surface area contributed by atoms with E-state index in [4.69, 9.17) is 4.74 Å². The van der Waals surface area contributed by atoms with Crippen molar-refractivity contribution in [3.8, 4) is 0 Å². The van der Waals surface area contributed by atoms with E-state index >= 15 is 0 Å². The molecule has 2 nitrogen and oxygen atoms in total. The summed E-state index contributed by atoms with van der Waals surface area (Å²) in [5.74, 6) is -0.0721. The molecule has 0 N–H and O–H groups in total. The Bertz CT molecular complexity index is 316. The largest absolute Gasteiger partial charge is 0.469 e. The highest BCUT2D eigenvalue weighted by Crippen LogP contribution is 2.35. The Morgan fingerprint density at radius 1 is 1.69 bits per heavy atom. The summed E-state index contributed by atoms with van der Waals surface area (Å²) in [5.41, 5.74) is 1.34. The molecule has 0 fully saturated rings. The summed E-state index contributed by atoms with van der Waals surface area (Å²) in [4.78, 5) is 12.6. The zero-order chi connectivity index (χ0) is 9.26. The molecule has 1 heterocycles. The molecule has 1 aliphatic carbocycles. The molecule has 0 saturated heterocycles. The van der Waals surface area contributed by atoms with E-state index in [0.717, 1.165) is 19.3 Å². The van der Waals surface area contributed by atoms with Crippen LogP contribution < -0.4 is 0 Å². The van der Waals surface area contributed by atoms with Gasteiger partial charge in [0.25, 0.3) is 0 Å². The van der Waals surface area contributed by atoms with E-state index in [9.17, 15) is 4.79 Å². The Morgan fingerprint density at radius 3 is 3.31 bits per heavy atom. The van der Waals surface area contributed by atoms with E-state index in [0.29, 0.717) is 0 Å². The van der Waals surface area contributed by atoms with Gasteiger partial charge in [0, 0.05) is 4.88 Å². The van der Waals surface area contributed by atoms with E-state index < -0.39 is 0 Å². The van der Waals surface area contributed by atoms with Gasteiger partial charge >= 0.3 is 5.97 Å². The molecule has 0 spiro atoms. The summed E-state index contributed by atoms with van der Waals surface area (Å²) in [6, 6.07) is 2.12. The van der Waals surface area contributed by atoms with Crippen molar-refractivity contribution >= 4 is 17.3 Å². The number of hydrogen-bond acceptors (Lipinski definition) is 3. The zero-order valence-corrected chi connectivity index (χ0v) is 8.39. The normalized spacial score (nSPS) is 20.8. The lowest BCUT2D eigenvalue weighted by atomic mass is 9.90. The molecule has 0 bridgehead atoms. The van der Waals surface area contributed by atoms with Crippen LogP contribution >= 0.6 is 11.3 Å². The van der Waals surface area contributed by atoms with Gasteiger partial charge in [0.15, 0.2) is 0 Å². The molecule has 0 amide bonds. The molecule has 2 rings (SSSR count). The fraction of sp³-hybridized carbons (Fsp3) is 0.500. The highest BCUT2D eigenvalue weighted by Gasteiger charge is 2.27. The molecule has 3 heteroatoms. The first kappa shape index (κ1) is 8.75. The third-order valence-electron chi connectivity index (χ3n) is 2.52. The van der Waals surface area contributed by atoms with Crippen LogP contribution in [0.25, 0.3) is 0 Å². The van der Waals surface area contributed by atoms with E-state index in [2.05, 4.69) is 11.4 Å². The number of carbonyl (C=O) groups is 1. The van der Waals surface area contributed by atoms with Gasteiger partial charge in [-0.25, -0.2) is 0 Å². The van der Waals surface area contributed by atoms with Crippen molar-refractivity contribution in [2.24, 2.45) is 0 Å². The molecule has 13 heavy (non-hydrogen) atoms. The highest BCUT2D eigenvalue weighted by molar-refractivity contribution is 7.10. The second-order valence-corrected chi connectivity index (χ2v) is 4.23. The SMILES string of the molecule is COC(=O)C1CCCc2ccsc21. The van der Waals surface area contributed by atoms with Crippen molar-refractivity contribution in [1.82, 2.24) is 0 Å². The predicted molar refractivity (Wildman–Crippen MR) is 52.0 cm³/mol. The molecular weight excluding hydrogens is 184 g/mol. The Balaban J connectivity index is 2.30. The average Bonchev–Trinajstić information content (AvgIpc) is 2.63. The molecule has 0 aromatic carbocycles. The lowest BCUT2D eigenvalue weighted by Gasteiger charge is -2.19. The first-order chi connectivity index (χ1) is 6.33. The van der Waals surface area contributed by atoms with Crippen LogP contribution in [-0.2, 0) is 16.0 Å². The van der Waals surface area contributed by atoms with Crippen molar-refractivity contribution in [3.63, 3.8) is 0 Å². The van der Waals surface area contributed by atoms with E-state index in [1.165, 1.54) is 17.6 Å². The van der Waals surface area contributed by atoms with Crippen molar-refractivity contribution in [2.45, 2.75) is 25.2 Å². The molecule has 0 radical (unpaired) electrons. The first-order valence-electron chi connectivity index (χ1n) is 4.47. The standard InChI is InChI=1S/C10H12O2S/c1-12-10(11)8-4-2-3-7-5-6-13-9(7)8/h5-6,8H,2-4H2,1H3. The van der Waals surface area contributed by atoms with Crippen LogP contribution in [0.4, 0.5) is 0 Å². The lowest BCUT2D eigenvalue weighted by Crippen LogP contribution is -2.17. The van der Waals surface area contributed by atoms with Gasteiger partial charge < -0.3 is 4.74 Å². The predicted octanol–water partition coefficient (Wildman–Crippen LogP) is 2.34. The van der Waals surface area contributed by atoms with Crippen LogP contribution in [0, 0.1) is 0 Å². The summed E-state index contributed by atoms with van der Waals surface area (Å²) < 4.78 is 4.78. The number of aryl methyl sites for hydroxylation is 1. The minimum Gasteiger partial charge on any atom is -0.469 e. The number of thiophene rings is 1. The molecule has 1 aliphatic rings. The van der Waals surface area contributed by atoms with Crippen LogP contribution in [0.1, 0.15) is 29.2 Å². The first-order valence-corrected chi connectivity index (χ1v) is 5.35. The maximum atomic E-state index is 11.4. The summed E-state index contributed by atoms with van der Waals surface area (Å²) in [5, 5.41) is 2.06. The van der Waals surface area contributed by atoms with Crippen LogP contribution in [0.15, 0.2) is 11.4 Å². The van der Waals surface area contributed by atoms with Crippen molar-refractivity contribution in [2.75, 3.05) is 7.11 Å². The van der Waals surface area contributed by atoms with Crippen LogP contribution in [0.2, 0.25) is 0 Å². The molecule has 0 saturated carbocycles. The van der Waals surface area contributed by atoms with Gasteiger partial charge in [-0.2, -0.15) is 0 Å². The van der Waals surface area contributed by atoms with Gasteiger partial charge in [0.2, 0.25) is 0 Å². The highest BCUT2D eigenvalue weighted by atomic mass is 32.1. The van der Waals surface area contributed by atoms with E-state index in [-0.39, 0.29) is 11.9 Å². The summed E-state index contributed by atoms with van der Waals surface area (Å²) in [6.45, 7) is 0. The smallest absolute Gasteiger partial charge is 0.313 e. The van der Waals surface area contributed by atoms with Gasteiger partial charge in [0.1, 0.15) is 0 Å². The van der Waals surface area contributed by atoms with Crippen molar-refractivity contribution in [1.29, 1.82) is 0 Å². The zero-order valence-electron chi connectivity index (χ0n) is 7.58. The molecule has 0 aliphatic heterocycles. The fourth-order valence-electron chi connectivity index (χ4n) is 1.85. The van der Waals surface area contributed by atoms with Crippen LogP contribution in [0.5, 0.6) is 0 Å². The number of fused-ring (bicyclic) bond motifs is 1. The average molecular weight is 196 g/mol. The summed E-state index contributed by atoms with van der Waals surface area (Å²) in [6.07, 6.45) is 3.16. The summed E-state index contributed by atoms with van der Waals surface area (Å²) in [7, 11) is 1.46. The quantitative estimate of drug-likeness (QED) is 0.644. The van der Waals surface area contributed by atoms with Crippen LogP contribution in [0.3, 0.4) is 0 Å². The van der Waals surface area contributed by atoms with E-state index in [1.807, 2.05) is 0 Å². The maximum absolute atomic E-state index is 11.4. The Hall–Kier alpha value is -0.830. The van der Waals surface area contributed by atoms with Gasteiger partial charge in [-0.1, -0.05) is 0 Å². The topological polar surface area (TPSA) is 26.3 Å².